The molecule has 0 radical (unpaired) electrons. The highest BCUT2D eigenvalue weighted by Crippen LogP contribution is 2.60. The van der Waals surface area contributed by atoms with Gasteiger partial charge in [-0.3, -0.25) is 4.52 Å². The maximum atomic E-state index is 10.5. The molecule has 0 saturated carbocycles. The molecule has 0 bridgehead atoms. The molecule has 1 aliphatic heterocycles. The Morgan fingerprint density at radius 2 is 1.45 bits per heavy atom. The van der Waals surface area contributed by atoms with Gasteiger partial charge in [0.15, 0.2) is 11.5 Å². The zero-order valence-corrected chi connectivity index (χ0v) is 14.1. The lowest BCUT2D eigenvalue weighted by atomic mass is 9.79. The second kappa shape index (κ2) is 4.78. The standard InChI is InChI=1S/C15H23O4P/c1-14(2,3)9-8-10(15(4,5)6)12-13(11(9)16)19-20(17-7)18-12/h8,16H,1-7H3. The maximum Gasteiger partial charge on any atom is 0.463 e. The first kappa shape index (κ1) is 15.4. The van der Waals surface area contributed by atoms with E-state index in [2.05, 4.69) is 41.5 Å². The van der Waals surface area contributed by atoms with Crippen LogP contribution in [0.2, 0.25) is 0 Å². The van der Waals surface area contributed by atoms with Gasteiger partial charge < -0.3 is 14.2 Å². The summed E-state index contributed by atoms with van der Waals surface area (Å²) < 4.78 is 16.5. The summed E-state index contributed by atoms with van der Waals surface area (Å²) >= 11 is 0. The van der Waals surface area contributed by atoms with Crippen LogP contribution in [0.3, 0.4) is 0 Å². The molecule has 1 atom stereocenters. The highest BCUT2D eigenvalue weighted by Gasteiger charge is 2.38. The van der Waals surface area contributed by atoms with E-state index in [-0.39, 0.29) is 16.6 Å². The molecule has 2 rings (SSSR count). The third-order valence-electron chi connectivity index (χ3n) is 3.31. The second-order valence-electron chi connectivity index (χ2n) is 7.07. The van der Waals surface area contributed by atoms with E-state index in [4.69, 9.17) is 13.6 Å². The monoisotopic (exact) mass is 298 g/mol. The maximum absolute atomic E-state index is 10.5. The molecule has 1 N–H and O–H groups in total. The average Bonchev–Trinajstić information content (AvgIpc) is 2.70. The molecule has 4 nitrogen and oxygen atoms in total. The van der Waals surface area contributed by atoms with E-state index in [1.807, 2.05) is 6.07 Å². The Hall–Kier alpha value is -0.990. The Bertz CT molecular complexity index is 526. The van der Waals surface area contributed by atoms with E-state index in [9.17, 15) is 5.11 Å². The highest BCUT2D eigenvalue weighted by molar-refractivity contribution is 7.43. The smallest absolute Gasteiger partial charge is 0.463 e. The van der Waals surface area contributed by atoms with Gasteiger partial charge in [-0.15, -0.1) is 0 Å². The number of hydrogen-bond donors (Lipinski definition) is 1. The molecule has 1 aromatic carbocycles. The quantitative estimate of drug-likeness (QED) is 0.768. The normalized spacial score (nSPS) is 18.4. The Labute approximate surface area is 122 Å². The van der Waals surface area contributed by atoms with Crippen molar-refractivity contribution in [3.8, 4) is 17.2 Å². The molecule has 0 fully saturated rings. The Morgan fingerprint density at radius 1 is 0.950 bits per heavy atom. The predicted molar refractivity (Wildman–Crippen MR) is 80.7 cm³/mol. The van der Waals surface area contributed by atoms with Crippen LogP contribution in [0, 0.1) is 0 Å². The van der Waals surface area contributed by atoms with Crippen LogP contribution in [0.1, 0.15) is 52.7 Å². The van der Waals surface area contributed by atoms with Crippen LogP contribution in [0.15, 0.2) is 6.07 Å². The van der Waals surface area contributed by atoms with Crippen LogP contribution >= 0.6 is 8.60 Å². The number of phenols is 1. The Morgan fingerprint density at radius 3 is 1.90 bits per heavy atom. The van der Waals surface area contributed by atoms with E-state index in [1.165, 1.54) is 7.11 Å². The lowest BCUT2D eigenvalue weighted by Crippen LogP contribution is -2.17. The van der Waals surface area contributed by atoms with Crippen molar-refractivity contribution in [2.24, 2.45) is 0 Å². The molecule has 1 aromatic rings. The molecule has 0 spiro atoms. The third kappa shape index (κ3) is 2.59. The molecule has 0 aromatic heterocycles. The van der Waals surface area contributed by atoms with Gasteiger partial charge in [0.1, 0.15) is 0 Å². The zero-order chi connectivity index (χ0) is 15.3. The van der Waals surface area contributed by atoms with Crippen LogP contribution in [0.25, 0.3) is 0 Å². The fourth-order valence-corrected chi connectivity index (χ4v) is 3.01. The summed E-state index contributed by atoms with van der Waals surface area (Å²) in [5.41, 5.74) is 1.59. The second-order valence-corrected chi connectivity index (χ2v) is 8.24. The number of phenolic OH excluding ortho intramolecular Hbond substituents is 1. The van der Waals surface area contributed by atoms with Crippen LogP contribution in [0.4, 0.5) is 0 Å². The van der Waals surface area contributed by atoms with Crippen LogP contribution in [0.5, 0.6) is 17.2 Å². The zero-order valence-electron chi connectivity index (χ0n) is 13.2. The van der Waals surface area contributed by atoms with Gasteiger partial charge in [-0.25, -0.2) is 0 Å². The van der Waals surface area contributed by atoms with Gasteiger partial charge >= 0.3 is 8.60 Å². The van der Waals surface area contributed by atoms with Crippen molar-refractivity contribution in [3.63, 3.8) is 0 Å². The van der Waals surface area contributed by atoms with Crippen molar-refractivity contribution in [1.29, 1.82) is 0 Å². The molecule has 5 heteroatoms. The van der Waals surface area contributed by atoms with E-state index < -0.39 is 8.60 Å². The first-order valence-corrected chi connectivity index (χ1v) is 7.76. The molecular formula is C15H23O4P. The van der Waals surface area contributed by atoms with Crippen LogP contribution in [-0.4, -0.2) is 12.2 Å². The molecule has 112 valence electrons. The Balaban J connectivity index is 2.69. The minimum absolute atomic E-state index is 0.111. The third-order valence-corrected chi connectivity index (χ3v) is 4.27. The number of fused-ring (bicyclic) bond motifs is 1. The molecule has 1 heterocycles. The van der Waals surface area contributed by atoms with Gasteiger partial charge in [0.25, 0.3) is 0 Å². The van der Waals surface area contributed by atoms with Crippen LogP contribution in [-0.2, 0) is 15.4 Å². The molecule has 0 saturated heterocycles. The first-order chi connectivity index (χ1) is 9.05. The fraction of sp³-hybridized carbons (Fsp3) is 0.600. The van der Waals surface area contributed by atoms with Gasteiger partial charge in [-0.1, -0.05) is 41.5 Å². The molecular weight excluding hydrogens is 275 g/mol. The lowest BCUT2D eigenvalue weighted by molar-refractivity contribution is 0.347. The Kier molecular flexibility index (Phi) is 3.68. The van der Waals surface area contributed by atoms with Crippen molar-refractivity contribution in [2.75, 3.05) is 7.11 Å². The summed E-state index contributed by atoms with van der Waals surface area (Å²) in [6.07, 6.45) is 0. The van der Waals surface area contributed by atoms with Gasteiger partial charge in [-0.2, -0.15) is 0 Å². The van der Waals surface area contributed by atoms with E-state index in [0.717, 1.165) is 11.1 Å². The van der Waals surface area contributed by atoms with Crippen LogP contribution < -0.4 is 9.05 Å². The molecule has 1 aliphatic rings. The topological polar surface area (TPSA) is 47.9 Å². The summed E-state index contributed by atoms with van der Waals surface area (Å²) in [6, 6.07) is 2.02. The summed E-state index contributed by atoms with van der Waals surface area (Å²) in [4.78, 5) is 0. The SMILES string of the molecule is COP1Oc2c(C(C)(C)C)cc(C(C)(C)C)c(O)c2O1. The van der Waals surface area contributed by atoms with Gasteiger partial charge in [0.05, 0.1) is 0 Å². The molecule has 0 aliphatic carbocycles. The largest absolute Gasteiger partial charge is 0.504 e. The van der Waals surface area contributed by atoms with Crippen molar-refractivity contribution >= 4 is 8.60 Å². The predicted octanol–water partition coefficient (Wildman–Crippen LogP) is 4.63. The fourth-order valence-electron chi connectivity index (χ4n) is 2.18. The number of benzene rings is 1. The number of hydrogen-bond acceptors (Lipinski definition) is 4. The summed E-state index contributed by atoms with van der Waals surface area (Å²) in [7, 11) is 0.0802. The van der Waals surface area contributed by atoms with Gasteiger partial charge in [-0.05, 0) is 16.9 Å². The van der Waals surface area contributed by atoms with Crippen molar-refractivity contribution in [3.05, 3.63) is 17.2 Å². The van der Waals surface area contributed by atoms with Gasteiger partial charge in [0, 0.05) is 18.2 Å². The van der Waals surface area contributed by atoms with Crippen molar-refractivity contribution in [2.45, 2.75) is 52.4 Å². The number of aromatic hydroxyl groups is 1. The molecule has 0 amide bonds. The van der Waals surface area contributed by atoms with Crippen molar-refractivity contribution in [1.82, 2.24) is 0 Å². The average molecular weight is 298 g/mol. The number of rotatable bonds is 1. The first-order valence-electron chi connectivity index (χ1n) is 6.67. The minimum Gasteiger partial charge on any atom is -0.504 e. The summed E-state index contributed by atoms with van der Waals surface area (Å²) in [6.45, 7) is 12.5. The minimum atomic E-state index is -1.46. The lowest BCUT2D eigenvalue weighted by Gasteiger charge is -2.26. The van der Waals surface area contributed by atoms with E-state index >= 15 is 0 Å². The molecule has 20 heavy (non-hydrogen) atoms. The molecule has 1 unspecified atom stereocenters. The highest BCUT2D eigenvalue weighted by atomic mass is 31.2. The van der Waals surface area contributed by atoms with Gasteiger partial charge in [0.2, 0.25) is 5.75 Å². The van der Waals surface area contributed by atoms with Crippen molar-refractivity contribution < 1.29 is 18.7 Å². The summed E-state index contributed by atoms with van der Waals surface area (Å²) in [5, 5.41) is 10.5. The van der Waals surface area contributed by atoms with E-state index in [0.29, 0.717) is 11.5 Å². The van der Waals surface area contributed by atoms with E-state index in [1.54, 1.807) is 0 Å². The summed E-state index contributed by atoms with van der Waals surface area (Å²) in [5.74, 6) is 1.17.